The molecule has 2 heterocycles. The van der Waals surface area contributed by atoms with E-state index in [2.05, 4.69) is 16.2 Å². The van der Waals surface area contributed by atoms with Gasteiger partial charge in [-0.15, -0.1) is 11.8 Å². The highest BCUT2D eigenvalue weighted by atomic mass is 32.2. The number of hydrogen-bond donors (Lipinski definition) is 1. The van der Waals surface area contributed by atoms with Gasteiger partial charge in [-0.3, -0.25) is 4.99 Å². The van der Waals surface area contributed by atoms with Crippen molar-refractivity contribution in [2.75, 3.05) is 5.75 Å². The van der Waals surface area contributed by atoms with Crippen LogP contribution in [0.1, 0.15) is 29.7 Å². The van der Waals surface area contributed by atoms with Crippen molar-refractivity contribution in [2.24, 2.45) is 10.9 Å². The van der Waals surface area contributed by atoms with Gasteiger partial charge < -0.3 is 5.11 Å². The highest BCUT2D eigenvalue weighted by molar-refractivity contribution is 8.14. The van der Waals surface area contributed by atoms with Gasteiger partial charge in [0, 0.05) is 23.3 Å². The summed E-state index contributed by atoms with van der Waals surface area (Å²) < 4.78 is 29.6. The predicted molar refractivity (Wildman–Crippen MR) is 113 cm³/mol. The first-order chi connectivity index (χ1) is 14.9. The van der Waals surface area contributed by atoms with Gasteiger partial charge in [0.25, 0.3) is 0 Å². The molecule has 1 aromatic heterocycles. The predicted octanol–water partition coefficient (Wildman–Crippen LogP) is 3.84. The number of benzene rings is 2. The van der Waals surface area contributed by atoms with Crippen LogP contribution in [0.3, 0.4) is 0 Å². The fourth-order valence-electron chi connectivity index (χ4n) is 3.64. The molecule has 1 aliphatic heterocycles. The SMILES string of the molecule is C[C@@H](C1=NC(c2ccc(C#N)cc2)CS1)C(O)(Cn1cncn1)c1ccc(F)cc1F. The summed E-state index contributed by atoms with van der Waals surface area (Å²) in [6, 6.07) is 12.3. The summed E-state index contributed by atoms with van der Waals surface area (Å²) in [6.07, 6.45) is 2.76. The molecule has 2 aromatic carbocycles. The van der Waals surface area contributed by atoms with E-state index in [4.69, 9.17) is 10.3 Å². The molecular weight excluding hydrogens is 420 g/mol. The van der Waals surface area contributed by atoms with E-state index in [0.29, 0.717) is 16.4 Å². The summed E-state index contributed by atoms with van der Waals surface area (Å²) in [5.41, 5.74) is -0.221. The minimum absolute atomic E-state index is 0.0259. The van der Waals surface area contributed by atoms with Crippen LogP contribution in [0, 0.1) is 28.9 Å². The Bertz CT molecular complexity index is 1140. The van der Waals surface area contributed by atoms with Crippen LogP contribution < -0.4 is 0 Å². The molecule has 3 atom stereocenters. The molecule has 31 heavy (non-hydrogen) atoms. The van der Waals surface area contributed by atoms with E-state index in [1.807, 2.05) is 12.1 Å². The second-order valence-electron chi connectivity index (χ2n) is 7.39. The van der Waals surface area contributed by atoms with Gasteiger partial charge in [-0.2, -0.15) is 10.4 Å². The number of thioether (sulfide) groups is 1. The molecule has 0 saturated carbocycles. The van der Waals surface area contributed by atoms with Crippen LogP contribution in [0.5, 0.6) is 0 Å². The van der Waals surface area contributed by atoms with Gasteiger partial charge in [0.15, 0.2) is 0 Å². The van der Waals surface area contributed by atoms with Crippen LogP contribution in [0.25, 0.3) is 0 Å². The van der Waals surface area contributed by atoms with Crippen molar-refractivity contribution in [3.63, 3.8) is 0 Å². The Labute approximate surface area is 182 Å². The first-order valence-corrected chi connectivity index (χ1v) is 10.6. The third-order valence-corrected chi connectivity index (χ3v) is 6.69. The third kappa shape index (κ3) is 4.22. The maximum atomic E-state index is 14.7. The monoisotopic (exact) mass is 439 g/mol. The molecule has 2 unspecified atom stereocenters. The molecule has 6 nitrogen and oxygen atoms in total. The molecule has 1 aliphatic rings. The van der Waals surface area contributed by atoms with Crippen LogP contribution in [-0.2, 0) is 12.1 Å². The summed E-state index contributed by atoms with van der Waals surface area (Å²) in [5, 5.41) is 25.4. The van der Waals surface area contributed by atoms with Gasteiger partial charge in [0.05, 0.1) is 29.3 Å². The number of rotatable bonds is 6. The minimum Gasteiger partial charge on any atom is -0.382 e. The second kappa shape index (κ2) is 8.57. The zero-order valence-electron chi connectivity index (χ0n) is 16.6. The minimum atomic E-state index is -1.73. The first-order valence-electron chi connectivity index (χ1n) is 9.61. The Morgan fingerprint density at radius 1 is 1.29 bits per heavy atom. The number of nitrogens with zero attached hydrogens (tertiary/aromatic N) is 5. The molecule has 0 radical (unpaired) electrons. The molecule has 0 amide bonds. The van der Waals surface area contributed by atoms with Crippen molar-refractivity contribution in [2.45, 2.75) is 25.1 Å². The van der Waals surface area contributed by atoms with Gasteiger partial charge in [0.2, 0.25) is 0 Å². The van der Waals surface area contributed by atoms with E-state index in [1.54, 1.807) is 19.1 Å². The number of nitriles is 1. The van der Waals surface area contributed by atoms with Gasteiger partial charge in [-0.1, -0.05) is 25.1 Å². The number of hydrogen-bond acceptors (Lipinski definition) is 6. The van der Waals surface area contributed by atoms with Gasteiger partial charge in [-0.25, -0.2) is 18.4 Å². The molecule has 0 aliphatic carbocycles. The lowest BCUT2D eigenvalue weighted by Crippen LogP contribution is -2.42. The highest BCUT2D eigenvalue weighted by Crippen LogP contribution is 2.41. The average molecular weight is 439 g/mol. The lowest BCUT2D eigenvalue weighted by Gasteiger charge is -2.34. The van der Waals surface area contributed by atoms with Crippen molar-refractivity contribution in [3.05, 3.63) is 83.4 Å². The summed E-state index contributed by atoms with van der Waals surface area (Å²) in [4.78, 5) is 8.66. The molecule has 0 bridgehead atoms. The standard InChI is InChI=1S/C22H19F2N5OS/c1-14(21-28-20(10-31-21)16-4-2-15(9-25)3-5-16)22(30,11-29-13-26-12-27-29)18-7-6-17(23)8-19(18)24/h2-8,12-14,20,30H,10-11H2,1H3/t14-,20?,22?/m0/s1. The Morgan fingerprint density at radius 3 is 2.71 bits per heavy atom. The molecule has 3 aromatic rings. The molecule has 9 heteroatoms. The summed E-state index contributed by atoms with van der Waals surface area (Å²) >= 11 is 1.49. The quantitative estimate of drug-likeness (QED) is 0.631. The first kappa shape index (κ1) is 21.2. The molecule has 4 rings (SSSR count). The fraction of sp³-hybridized carbons (Fsp3) is 0.273. The Morgan fingerprint density at radius 2 is 2.06 bits per heavy atom. The van der Waals surface area contributed by atoms with Gasteiger partial charge in [-0.05, 0) is 23.8 Å². The lowest BCUT2D eigenvalue weighted by molar-refractivity contribution is -0.0148. The zero-order chi connectivity index (χ0) is 22.0. The maximum Gasteiger partial charge on any atom is 0.137 e. The maximum absolute atomic E-state index is 14.7. The van der Waals surface area contributed by atoms with E-state index in [-0.39, 0.29) is 18.2 Å². The van der Waals surface area contributed by atoms with Crippen LogP contribution in [-0.4, -0.2) is 30.7 Å². The number of halogens is 2. The Kier molecular flexibility index (Phi) is 5.85. The highest BCUT2D eigenvalue weighted by Gasteiger charge is 2.43. The van der Waals surface area contributed by atoms with E-state index < -0.39 is 23.2 Å². The van der Waals surface area contributed by atoms with Crippen molar-refractivity contribution in [1.82, 2.24) is 14.8 Å². The molecule has 0 fully saturated rings. The molecule has 158 valence electrons. The Hall–Kier alpha value is -3.09. The van der Waals surface area contributed by atoms with E-state index in [9.17, 15) is 13.9 Å². The molecule has 0 saturated heterocycles. The van der Waals surface area contributed by atoms with Crippen LogP contribution in [0.15, 0.2) is 60.1 Å². The molecule has 0 spiro atoms. The van der Waals surface area contributed by atoms with Crippen LogP contribution in [0.2, 0.25) is 0 Å². The van der Waals surface area contributed by atoms with Gasteiger partial charge >= 0.3 is 0 Å². The second-order valence-corrected chi connectivity index (χ2v) is 8.43. The summed E-state index contributed by atoms with van der Waals surface area (Å²) in [7, 11) is 0. The van der Waals surface area contributed by atoms with Crippen LogP contribution >= 0.6 is 11.8 Å². The zero-order valence-corrected chi connectivity index (χ0v) is 17.4. The number of aromatic nitrogens is 3. The van der Waals surface area contributed by atoms with Gasteiger partial charge in [0.1, 0.15) is 29.9 Å². The van der Waals surface area contributed by atoms with Crippen molar-refractivity contribution in [1.29, 1.82) is 5.26 Å². The van der Waals surface area contributed by atoms with E-state index >= 15 is 0 Å². The third-order valence-electron chi connectivity index (χ3n) is 5.45. The fourth-order valence-corrected chi connectivity index (χ4v) is 4.88. The van der Waals surface area contributed by atoms with E-state index in [1.165, 1.54) is 35.2 Å². The van der Waals surface area contributed by atoms with Crippen molar-refractivity contribution in [3.8, 4) is 6.07 Å². The summed E-state index contributed by atoms with van der Waals surface area (Å²) in [6.45, 7) is 1.70. The topological polar surface area (TPSA) is 87.1 Å². The smallest absolute Gasteiger partial charge is 0.137 e. The summed E-state index contributed by atoms with van der Waals surface area (Å²) in [5.74, 6) is -1.48. The van der Waals surface area contributed by atoms with Crippen molar-refractivity contribution >= 4 is 16.8 Å². The van der Waals surface area contributed by atoms with Crippen molar-refractivity contribution < 1.29 is 13.9 Å². The largest absolute Gasteiger partial charge is 0.382 e. The van der Waals surface area contributed by atoms with E-state index in [0.717, 1.165) is 17.7 Å². The van der Waals surface area contributed by atoms with Crippen LogP contribution in [0.4, 0.5) is 8.78 Å². The molecular formula is C22H19F2N5OS. The average Bonchev–Trinajstić information content (AvgIpc) is 3.45. The number of aliphatic imine (C=N–C) groups is 1. The molecule has 1 N–H and O–H groups in total. The lowest BCUT2D eigenvalue weighted by atomic mass is 9.82. The number of aliphatic hydroxyl groups is 1. The Balaban J connectivity index is 1.68. The normalized spacial score (nSPS) is 18.8.